The second-order valence-electron chi connectivity index (χ2n) is 9.32. The first-order valence-corrected chi connectivity index (χ1v) is 12.1. The number of aliphatic hydroxyl groups is 1. The highest BCUT2D eigenvalue weighted by atomic mass is 32.1. The van der Waals surface area contributed by atoms with Crippen molar-refractivity contribution < 1.29 is 24.2 Å². The highest BCUT2D eigenvalue weighted by molar-refractivity contribution is 7.10. The predicted octanol–water partition coefficient (Wildman–Crippen LogP) is 5.29. The Morgan fingerprint density at radius 3 is 2.52 bits per heavy atom. The fraction of sp³-hybridized carbons (Fsp3) is 0.462. The van der Waals surface area contributed by atoms with Crippen LogP contribution in [0.15, 0.2) is 41.3 Å². The average molecular weight is 472 g/mol. The molecule has 1 aromatic carbocycles. The number of ketones is 1. The average Bonchev–Trinajstić information content (AvgIpc) is 3.35. The molecule has 2 aromatic rings. The van der Waals surface area contributed by atoms with Crippen LogP contribution in [0.5, 0.6) is 5.75 Å². The minimum atomic E-state index is -0.679. The SMILES string of the molecule is CCOc1ccc(/C(O)=C2/C(=O)C(=O)N(CCOC(C)C)C2c2cccs2)cc1C(C)(C)C. The van der Waals surface area contributed by atoms with Gasteiger partial charge < -0.3 is 19.5 Å². The number of rotatable bonds is 8. The number of carbonyl (C=O) groups excluding carboxylic acids is 2. The van der Waals surface area contributed by atoms with Crippen molar-refractivity contribution in [3.8, 4) is 5.75 Å². The molecule has 0 saturated carbocycles. The number of likely N-dealkylation sites (tertiary alicyclic amines) is 1. The monoisotopic (exact) mass is 471 g/mol. The topological polar surface area (TPSA) is 76.1 Å². The van der Waals surface area contributed by atoms with Crippen LogP contribution in [0.1, 0.15) is 63.6 Å². The standard InChI is InChI=1S/C26H33NO5S/c1-7-31-19-11-10-17(15-18(19)26(4,5)6)23(28)21-22(20-9-8-14-33-20)27(25(30)24(21)29)12-13-32-16(2)3/h8-11,14-16,22,28H,7,12-13H2,1-6H3/b23-21-. The molecule has 33 heavy (non-hydrogen) atoms. The summed E-state index contributed by atoms with van der Waals surface area (Å²) in [5, 5.41) is 13.2. The number of Topliss-reactive ketones (excluding diaryl/α,β-unsaturated/α-hetero) is 1. The van der Waals surface area contributed by atoms with Crippen molar-refractivity contribution in [2.24, 2.45) is 0 Å². The Balaban J connectivity index is 2.10. The number of amides is 1. The van der Waals surface area contributed by atoms with Crippen molar-refractivity contribution in [1.29, 1.82) is 0 Å². The second-order valence-corrected chi connectivity index (χ2v) is 10.3. The van der Waals surface area contributed by atoms with Gasteiger partial charge in [0.05, 0.1) is 30.9 Å². The van der Waals surface area contributed by atoms with E-state index in [2.05, 4.69) is 20.8 Å². The van der Waals surface area contributed by atoms with E-state index in [1.165, 1.54) is 16.2 Å². The molecule has 2 heterocycles. The van der Waals surface area contributed by atoms with E-state index >= 15 is 0 Å². The van der Waals surface area contributed by atoms with Crippen LogP contribution < -0.4 is 4.74 Å². The van der Waals surface area contributed by atoms with E-state index in [1.54, 1.807) is 6.07 Å². The third kappa shape index (κ3) is 5.31. The van der Waals surface area contributed by atoms with E-state index in [-0.39, 0.29) is 29.4 Å². The van der Waals surface area contributed by atoms with Gasteiger partial charge in [-0.2, -0.15) is 0 Å². The number of hydrogen-bond acceptors (Lipinski definition) is 6. The Labute approximate surface area is 199 Å². The summed E-state index contributed by atoms with van der Waals surface area (Å²) in [7, 11) is 0. The lowest BCUT2D eigenvalue weighted by molar-refractivity contribution is -0.140. The maximum atomic E-state index is 13.1. The van der Waals surface area contributed by atoms with Gasteiger partial charge in [0.2, 0.25) is 0 Å². The lowest BCUT2D eigenvalue weighted by atomic mass is 9.84. The molecule has 1 atom stereocenters. The number of nitrogens with zero attached hydrogens (tertiary/aromatic N) is 1. The first-order chi connectivity index (χ1) is 15.6. The van der Waals surface area contributed by atoms with Gasteiger partial charge in [0.25, 0.3) is 11.7 Å². The van der Waals surface area contributed by atoms with E-state index in [9.17, 15) is 14.7 Å². The number of ether oxygens (including phenoxy) is 2. The molecule has 0 radical (unpaired) electrons. The molecule has 1 aromatic heterocycles. The Morgan fingerprint density at radius 1 is 1.21 bits per heavy atom. The van der Waals surface area contributed by atoms with Gasteiger partial charge in [0.15, 0.2) is 0 Å². The van der Waals surface area contributed by atoms with Gasteiger partial charge in [-0.15, -0.1) is 11.3 Å². The van der Waals surface area contributed by atoms with Gasteiger partial charge in [-0.25, -0.2) is 0 Å². The number of benzene rings is 1. The summed E-state index contributed by atoms with van der Waals surface area (Å²) in [5.41, 5.74) is 1.27. The summed E-state index contributed by atoms with van der Waals surface area (Å²) in [6.45, 7) is 13.0. The molecule has 178 valence electrons. The Bertz CT molecular complexity index is 1030. The van der Waals surface area contributed by atoms with Gasteiger partial charge >= 0.3 is 0 Å². The van der Waals surface area contributed by atoms with Gasteiger partial charge in [-0.3, -0.25) is 9.59 Å². The highest BCUT2D eigenvalue weighted by Crippen LogP contribution is 2.42. The summed E-state index contributed by atoms with van der Waals surface area (Å²) >= 11 is 1.45. The summed E-state index contributed by atoms with van der Waals surface area (Å²) in [6, 6.07) is 8.50. The van der Waals surface area contributed by atoms with Crippen LogP contribution in [0.2, 0.25) is 0 Å². The van der Waals surface area contributed by atoms with Crippen molar-refractivity contribution in [1.82, 2.24) is 4.90 Å². The zero-order valence-corrected chi connectivity index (χ0v) is 21.0. The van der Waals surface area contributed by atoms with Crippen molar-refractivity contribution in [2.75, 3.05) is 19.8 Å². The molecule has 0 spiro atoms. The van der Waals surface area contributed by atoms with E-state index in [1.807, 2.05) is 50.4 Å². The van der Waals surface area contributed by atoms with E-state index < -0.39 is 17.7 Å². The molecule has 0 bridgehead atoms. The number of thiophene rings is 1. The van der Waals surface area contributed by atoms with Gasteiger partial charge in [0.1, 0.15) is 11.5 Å². The molecule has 3 rings (SSSR count). The zero-order chi connectivity index (χ0) is 24.3. The molecule has 1 fully saturated rings. The number of carbonyl (C=O) groups is 2. The maximum absolute atomic E-state index is 13.1. The van der Waals surface area contributed by atoms with Crippen LogP contribution in [-0.2, 0) is 19.7 Å². The summed E-state index contributed by atoms with van der Waals surface area (Å²) < 4.78 is 11.4. The third-order valence-corrected chi connectivity index (χ3v) is 6.42. The molecule has 1 amide bonds. The van der Waals surface area contributed by atoms with E-state index in [0.717, 1.165) is 16.2 Å². The fourth-order valence-corrected chi connectivity index (χ4v) is 4.79. The number of hydrogen-bond donors (Lipinski definition) is 1. The lowest BCUT2D eigenvalue weighted by Gasteiger charge is -2.25. The van der Waals surface area contributed by atoms with Crippen LogP contribution in [0.3, 0.4) is 0 Å². The van der Waals surface area contributed by atoms with Crippen LogP contribution in [0, 0.1) is 0 Å². The summed E-state index contributed by atoms with van der Waals surface area (Å²) in [4.78, 5) is 28.4. The predicted molar refractivity (Wildman–Crippen MR) is 131 cm³/mol. The van der Waals surface area contributed by atoms with Crippen molar-refractivity contribution >= 4 is 28.8 Å². The molecule has 6 nitrogen and oxygen atoms in total. The molecule has 1 aliphatic heterocycles. The first-order valence-electron chi connectivity index (χ1n) is 11.3. The van der Waals surface area contributed by atoms with E-state index in [4.69, 9.17) is 9.47 Å². The fourth-order valence-electron chi connectivity index (χ4n) is 3.94. The van der Waals surface area contributed by atoms with Crippen molar-refractivity contribution in [2.45, 2.75) is 59.1 Å². The summed E-state index contributed by atoms with van der Waals surface area (Å²) in [6.07, 6.45) is 0.0154. The Morgan fingerprint density at radius 2 is 1.94 bits per heavy atom. The summed E-state index contributed by atoms with van der Waals surface area (Å²) in [5.74, 6) is -0.735. The third-order valence-electron chi connectivity index (χ3n) is 5.50. The van der Waals surface area contributed by atoms with Crippen LogP contribution in [-0.4, -0.2) is 47.6 Å². The van der Waals surface area contributed by atoms with Crippen LogP contribution in [0.25, 0.3) is 5.76 Å². The number of aliphatic hydroxyl groups excluding tert-OH is 1. The minimum Gasteiger partial charge on any atom is -0.507 e. The molecule has 1 aliphatic rings. The van der Waals surface area contributed by atoms with Gasteiger partial charge in [-0.05, 0) is 55.8 Å². The zero-order valence-electron chi connectivity index (χ0n) is 20.2. The molecule has 0 aliphatic carbocycles. The quantitative estimate of drug-likeness (QED) is 0.322. The van der Waals surface area contributed by atoms with Crippen LogP contribution in [0.4, 0.5) is 0 Å². The maximum Gasteiger partial charge on any atom is 0.295 e. The van der Waals surface area contributed by atoms with Gasteiger partial charge in [0, 0.05) is 22.5 Å². The normalized spacial score (nSPS) is 18.4. The second kappa shape index (κ2) is 10.1. The molecule has 1 unspecified atom stereocenters. The van der Waals surface area contributed by atoms with E-state index in [0.29, 0.717) is 18.8 Å². The molecular formula is C26H33NO5S. The largest absolute Gasteiger partial charge is 0.507 e. The molecular weight excluding hydrogens is 438 g/mol. The first kappa shape index (κ1) is 25.0. The minimum absolute atomic E-state index is 0.0154. The molecule has 1 N–H and O–H groups in total. The molecule has 7 heteroatoms. The highest BCUT2D eigenvalue weighted by Gasteiger charge is 2.46. The molecule has 1 saturated heterocycles. The lowest BCUT2D eigenvalue weighted by Crippen LogP contribution is -2.33. The van der Waals surface area contributed by atoms with Crippen molar-refractivity contribution in [3.63, 3.8) is 0 Å². The Kier molecular flexibility index (Phi) is 7.65. The smallest absolute Gasteiger partial charge is 0.295 e. The van der Waals surface area contributed by atoms with Gasteiger partial charge in [-0.1, -0.05) is 26.8 Å². The van der Waals surface area contributed by atoms with Crippen molar-refractivity contribution in [3.05, 3.63) is 57.3 Å². The Hall–Kier alpha value is -2.64. The van der Waals surface area contributed by atoms with Crippen LogP contribution >= 0.6 is 11.3 Å².